The van der Waals surface area contributed by atoms with Gasteiger partial charge in [-0.3, -0.25) is 24.6 Å². The highest BCUT2D eigenvalue weighted by Crippen LogP contribution is 2.21. The van der Waals surface area contributed by atoms with Crippen molar-refractivity contribution in [3.63, 3.8) is 0 Å². The van der Waals surface area contributed by atoms with Crippen LogP contribution in [0.25, 0.3) is 5.65 Å². The highest BCUT2D eigenvalue weighted by Gasteiger charge is 2.30. The van der Waals surface area contributed by atoms with Gasteiger partial charge in [0.2, 0.25) is 0 Å². The Morgan fingerprint density at radius 1 is 1.10 bits per heavy atom. The van der Waals surface area contributed by atoms with Crippen LogP contribution >= 0.6 is 0 Å². The normalized spacial score (nSPS) is 11.4. The maximum atomic E-state index is 13.8. The van der Waals surface area contributed by atoms with Gasteiger partial charge in [0.15, 0.2) is 11.5 Å². The van der Waals surface area contributed by atoms with E-state index in [9.17, 15) is 9.59 Å². The molecule has 0 aliphatic heterocycles. The largest absolute Gasteiger partial charge is 0.381 e. The SMILES string of the molecule is CC(NC(=O)c1c(N)nn2cccnc12)C(=N)N(C(=O)c1[nH]ccc1C#Cc1ccn(C)n1)c1ccccc1. The summed E-state index contributed by atoms with van der Waals surface area (Å²) in [5.41, 5.74) is 8.00. The fourth-order valence-corrected chi connectivity index (χ4v) is 3.97. The lowest BCUT2D eigenvalue weighted by molar-refractivity contribution is 0.0945. The summed E-state index contributed by atoms with van der Waals surface area (Å²) in [6, 6.07) is 13.0. The minimum atomic E-state index is -0.891. The third kappa shape index (κ3) is 4.96. The van der Waals surface area contributed by atoms with Crippen molar-refractivity contribution in [3.05, 3.63) is 95.8 Å². The molecule has 39 heavy (non-hydrogen) atoms. The molecule has 0 bridgehead atoms. The molecular formula is C27H24N10O2. The number of amides is 2. The number of aryl methyl sites for hydroxylation is 1. The smallest absolute Gasteiger partial charge is 0.281 e. The molecule has 1 atom stereocenters. The summed E-state index contributed by atoms with van der Waals surface area (Å²) in [4.78, 5) is 35.4. The van der Waals surface area contributed by atoms with Gasteiger partial charge in [0.25, 0.3) is 11.8 Å². The van der Waals surface area contributed by atoms with Gasteiger partial charge in [0, 0.05) is 31.8 Å². The zero-order valence-corrected chi connectivity index (χ0v) is 21.1. The number of H-pyrrole nitrogens is 1. The van der Waals surface area contributed by atoms with Crippen molar-refractivity contribution in [2.45, 2.75) is 13.0 Å². The molecule has 0 spiro atoms. The van der Waals surface area contributed by atoms with E-state index in [0.29, 0.717) is 16.9 Å². The van der Waals surface area contributed by atoms with Gasteiger partial charge < -0.3 is 16.0 Å². The van der Waals surface area contributed by atoms with Crippen LogP contribution < -0.4 is 16.0 Å². The first-order chi connectivity index (χ1) is 18.8. The minimum absolute atomic E-state index is 0.00318. The van der Waals surface area contributed by atoms with Crippen LogP contribution in [0.5, 0.6) is 0 Å². The predicted octanol–water partition coefficient (Wildman–Crippen LogP) is 2.22. The van der Waals surface area contributed by atoms with Crippen molar-refractivity contribution >= 4 is 34.8 Å². The van der Waals surface area contributed by atoms with Gasteiger partial charge in [0.05, 0.1) is 17.3 Å². The molecule has 0 radical (unpaired) electrons. The van der Waals surface area contributed by atoms with Gasteiger partial charge >= 0.3 is 0 Å². The lowest BCUT2D eigenvalue weighted by Crippen LogP contribution is -2.49. The maximum absolute atomic E-state index is 13.8. The molecule has 12 heteroatoms. The second-order valence-electron chi connectivity index (χ2n) is 8.60. The number of carbonyl (C=O) groups is 2. The number of nitrogen functional groups attached to an aromatic ring is 1. The molecule has 0 aliphatic carbocycles. The number of hydrogen-bond acceptors (Lipinski definition) is 7. The number of aromatic nitrogens is 6. The highest BCUT2D eigenvalue weighted by molar-refractivity contribution is 6.23. The molecule has 0 saturated heterocycles. The molecule has 4 heterocycles. The zero-order valence-electron chi connectivity index (χ0n) is 21.1. The van der Waals surface area contributed by atoms with Crippen molar-refractivity contribution in [3.8, 4) is 11.8 Å². The van der Waals surface area contributed by atoms with Gasteiger partial charge in [0.1, 0.15) is 22.8 Å². The Labute approximate surface area is 223 Å². The van der Waals surface area contributed by atoms with Crippen LogP contribution in [0.1, 0.15) is 39.0 Å². The number of fused-ring (bicyclic) bond motifs is 1. The van der Waals surface area contributed by atoms with Crippen LogP contribution in [0.15, 0.2) is 73.3 Å². The Morgan fingerprint density at radius 3 is 2.64 bits per heavy atom. The number of anilines is 2. The van der Waals surface area contributed by atoms with E-state index >= 15 is 0 Å². The van der Waals surface area contributed by atoms with Crippen LogP contribution in [0.3, 0.4) is 0 Å². The molecule has 0 saturated carbocycles. The van der Waals surface area contributed by atoms with Crippen molar-refractivity contribution in [1.29, 1.82) is 5.41 Å². The molecule has 0 aliphatic rings. The second-order valence-corrected chi connectivity index (χ2v) is 8.60. The molecule has 5 aromatic rings. The molecule has 1 unspecified atom stereocenters. The van der Waals surface area contributed by atoms with E-state index in [4.69, 9.17) is 11.1 Å². The molecule has 5 rings (SSSR count). The van der Waals surface area contributed by atoms with Crippen molar-refractivity contribution in [2.75, 3.05) is 10.6 Å². The maximum Gasteiger partial charge on any atom is 0.281 e. The lowest BCUT2D eigenvalue weighted by Gasteiger charge is -2.27. The van der Waals surface area contributed by atoms with E-state index in [1.807, 2.05) is 0 Å². The number of nitrogens with two attached hydrogens (primary N) is 1. The number of aromatic amines is 1. The van der Waals surface area contributed by atoms with Crippen molar-refractivity contribution in [2.24, 2.45) is 7.05 Å². The minimum Gasteiger partial charge on any atom is -0.381 e. The summed E-state index contributed by atoms with van der Waals surface area (Å²) < 4.78 is 3.04. The molecule has 2 amide bonds. The van der Waals surface area contributed by atoms with Gasteiger partial charge in [-0.2, -0.15) is 5.10 Å². The van der Waals surface area contributed by atoms with Crippen LogP contribution in [-0.2, 0) is 7.05 Å². The van der Waals surface area contributed by atoms with Gasteiger partial charge in [-0.25, -0.2) is 9.50 Å². The van der Waals surface area contributed by atoms with E-state index in [-0.39, 0.29) is 28.6 Å². The Morgan fingerprint density at radius 2 is 1.90 bits per heavy atom. The molecule has 12 nitrogen and oxygen atoms in total. The van der Waals surface area contributed by atoms with E-state index in [1.165, 1.54) is 15.6 Å². The second kappa shape index (κ2) is 10.3. The summed E-state index contributed by atoms with van der Waals surface area (Å²) in [5.74, 6) is 4.68. The lowest BCUT2D eigenvalue weighted by atomic mass is 10.1. The van der Waals surface area contributed by atoms with E-state index in [1.54, 1.807) is 85.8 Å². The number of nitrogens with one attached hydrogen (secondary N) is 3. The molecule has 5 N–H and O–H groups in total. The molecule has 4 aromatic heterocycles. The van der Waals surface area contributed by atoms with Gasteiger partial charge in [-0.1, -0.05) is 24.1 Å². The first kappa shape index (κ1) is 25.0. The van der Waals surface area contributed by atoms with Crippen molar-refractivity contribution < 1.29 is 9.59 Å². The van der Waals surface area contributed by atoms with Crippen LogP contribution in [0.4, 0.5) is 11.5 Å². The Balaban J connectivity index is 1.44. The molecule has 194 valence electrons. The molecule has 1 aromatic carbocycles. The topological polar surface area (TPSA) is 163 Å². The highest BCUT2D eigenvalue weighted by atomic mass is 16.2. The van der Waals surface area contributed by atoms with Crippen LogP contribution in [-0.4, -0.2) is 53.1 Å². The van der Waals surface area contributed by atoms with E-state index in [2.05, 4.69) is 37.3 Å². The third-order valence-corrected chi connectivity index (χ3v) is 5.87. The number of benzene rings is 1. The quantitative estimate of drug-likeness (QED) is 0.158. The summed E-state index contributed by atoms with van der Waals surface area (Å²) >= 11 is 0. The number of carbonyl (C=O) groups excluding carboxylic acids is 2. The van der Waals surface area contributed by atoms with Gasteiger partial charge in [-0.15, -0.1) is 5.10 Å². The predicted molar refractivity (Wildman–Crippen MR) is 145 cm³/mol. The summed E-state index contributed by atoms with van der Waals surface area (Å²) in [6.07, 6.45) is 6.54. The standard InChI is InChI=1S/C27H24N10O2/c1-17(32-26(38)21-23(28)34-36-15-6-13-31-25(21)36)24(29)37(20-7-4-3-5-8-20)27(39)22-18(11-14-30-22)9-10-19-12-16-35(2)33-19/h3-8,11-17,29-30H,1-2H3,(H2,28,34)(H,32,38). The first-order valence-corrected chi connectivity index (χ1v) is 11.9. The fourth-order valence-electron chi connectivity index (χ4n) is 3.97. The number of nitrogens with zero attached hydrogens (tertiary/aromatic N) is 6. The number of hydrogen-bond donors (Lipinski definition) is 4. The third-order valence-electron chi connectivity index (χ3n) is 5.87. The average molecular weight is 521 g/mol. The van der Waals surface area contributed by atoms with E-state index in [0.717, 1.165) is 0 Å². The summed E-state index contributed by atoms with van der Waals surface area (Å²) in [5, 5.41) is 20.0. The number of para-hydroxylation sites is 1. The van der Waals surface area contributed by atoms with Crippen molar-refractivity contribution in [1.82, 2.24) is 34.7 Å². The number of amidine groups is 1. The van der Waals surface area contributed by atoms with Crippen LogP contribution in [0, 0.1) is 17.3 Å². The Bertz CT molecular complexity index is 1750. The Hall–Kier alpha value is -5.70. The molecular weight excluding hydrogens is 496 g/mol. The summed E-state index contributed by atoms with van der Waals surface area (Å²) in [7, 11) is 1.79. The first-order valence-electron chi connectivity index (χ1n) is 11.9. The van der Waals surface area contributed by atoms with Crippen LogP contribution in [0.2, 0.25) is 0 Å². The van der Waals surface area contributed by atoms with E-state index < -0.39 is 17.9 Å². The number of rotatable bonds is 5. The molecule has 0 fully saturated rings. The monoisotopic (exact) mass is 520 g/mol. The summed E-state index contributed by atoms with van der Waals surface area (Å²) in [6.45, 7) is 1.61. The zero-order chi connectivity index (χ0) is 27.5. The average Bonchev–Trinajstić information content (AvgIpc) is 3.65. The van der Waals surface area contributed by atoms with Gasteiger partial charge in [-0.05, 0) is 43.2 Å². The fraction of sp³-hybridized carbons (Fsp3) is 0.111. The Kier molecular flexibility index (Phi) is 6.63.